The minimum Gasteiger partial charge on any atom is -0.486 e. The second-order valence-corrected chi connectivity index (χ2v) is 7.96. The van der Waals surface area contributed by atoms with Gasteiger partial charge in [-0.05, 0) is 29.8 Å². The van der Waals surface area contributed by atoms with Crippen molar-refractivity contribution in [1.29, 1.82) is 0 Å². The van der Waals surface area contributed by atoms with E-state index in [4.69, 9.17) is 18.9 Å². The Bertz CT molecular complexity index is 1000. The van der Waals surface area contributed by atoms with Gasteiger partial charge in [0.15, 0.2) is 23.0 Å². The Balaban J connectivity index is 1.06. The molecule has 0 radical (unpaired) electrons. The molecule has 0 bridgehead atoms. The highest BCUT2D eigenvalue weighted by Gasteiger charge is 2.28. The lowest BCUT2D eigenvalue weighted by Gasteiger charge is -2.34. The molecule has 5 rings (SSSR count). The maximum atomic E-state index is 12.6. The molecule has 0 spiro atoms. The van der Waals surface area contributed by atoms with Crippen molar-refractivity contribution in [1.82, 2.24) is 15.1 Å². The van der Waals surface area contributed by atoms with Gasteiger partial charge in [0.05, 0.1) is 6.54 Å². The number of nitrogens with one attached hydrogen (secondary N) is 1. The Morgan fingerprint density at radius 3 is 2.50 bits per heavy atom. The smallest absolute Gasteiger partial charge is 0.311 e. The molecule has 1 unspecified atom stereocenters. The van der Waals surface area contributed by atoms with Gasteiger partial charge in [0.1, 0.15) is 12.7 Å². The molecule has 3 heterocycles. The van der Waals surface area contributed by atoms with E-state index in [1.54, 1.807) is 4.90 Å². The number of amides is 2. The summed E-state index contributed by atoms with van der Waals surface area (Å²) in [5, 5.41) is 2.68. The largest absolute Gasteiger partial charge is 0.486 e. The fourth-order valence-electron chi connectivity index (χ4n) is 4.00. The lowest BCUT2D eigenvalue weighted by molar-refractivity contribution is -0.147. The number of ether oxygens (including phenoxy) is 4. The van der Waals surface area contributed by atoms with Crippen LogP contribution in [0.5, 0.6) is 23.0 Å². The zero-order valence-corrected chi connectivity index (χ0v) is 17.6. The summed E-state index contributed by atoms with van der Waals surface area (Å²) < 4.78 is 22.2. The molecular formula is C23H25N3O6. The van der Waals surface area contributed by atoms with Crippen LogP contribution in [0.2, 0.25) is 0 Å². The predicted molar refractivity (Wildman–Crippen MR) is 114 cm³/mol. The summed E-state index contributed by atoms with van der Waals surface area (Å²) >= 11 is 0. The summed E-state index contributed by atoms with van der Waals surface area (Å²) in [6.45, 7) is 3.96. The number of carbonyl (C=O) groups excluding carboxylic acids is 2. The molecule has 1 atom stereocenters. The molecule has 0 saturated carbocycles. The molecule has 9 heteroatoms. The molecule has 1 saturated heterocycles. The van der Waals surface area contributed by atoms with E-state index < -0.39 is 11.8 Å². The molecule has 1 fully saturated rings. The normalized spacial score (nSPS) is 19.5. The van der Waals surface area contributed by atoms with E-state index in [1.165, 1.54) is 0 Å². The number of para-hydroxylation sites is 2. The zero-order valence-electron chi connectivity index (χ0n) is 17.6. The molecule has 0 aliphatic carbocycles. The van der Waals surface area contributed by atoms with Gasteiger partial charge in [0, 0.05) is 32.7 Å². The van der Waals surface area contributed by atoms with Gasteiger partial charge >= 0.3 is 11.8 Å². The average molecular weight is 439 g/mol. The van der Waals surface area contributed by atoms with Crippen LogP contribution in [0.3, 0.4) is 0 Å². The van der Waals surface area contributed by atoms with Crippen LogP contribution in [-0.4, -0.2) is 73.8 Å². The summed E-state index contributed by atoms with van der Waals surface area (Å²) in [4.78, 5) is 28.8. The lowest BCUT2D eigenvalue weighted by Crippen LogP contribution is -2.53. The molecule has 2 aromatic rings. The number of hydrogen-bond acceptors (Lipinski definition) is 7. The summed E-state index contributed by atoms with van der Waals surface area (Å²) in [6.07, 6.45) is -0.333. The van der Waals surface area contributed by atoms with E-state index >= 15 is 0 Å². The molecule has 3 aliphatic rings. The standard InChI is InChI=1S/C23H25N3O6/c27-22(24-12-17-14-29-18-3-1-2-4-20(18)32-17)23(28)26-9-7-25(8-10-26)13-16-5-6-19-21(11-16)31-15-30-19/h1-6,11,17H,7-10,12-15H2,(H,24,27). The van der Waals surface area contributed by atoms with Gasteiger partial charge in [0.25, 0.3) is 0 Å². The first-order chi connectivity index (χ1) is 15.7. The SMILES string of the molecule is O=C(NCC1COc2ccccc2O1)C(=O)N1CCN(Cc2ccc3c(c2)OCO3)CC1. The van der Waals surface area contributed by atoms with Crippen LogP contribution in [-0.2, 0) is 16.1 Å². The Morgan fingerprint density at radius 2 is 1.66 bits per heavy atom. The van der Waals surface area contributed by atoms with Crippen molar-refractivity contribution in [2.75, 3.05) is 46.1 Å². The molecule has 168 valence electrons. The summed E-state index contributed by atoms with van der Waals surface area (Å²) in [6, 6.07) is 13.3. The van der Waals surface area contributed by atoms with Gasteiger partial charge in [-0.2, -0.15) is 0 Å². The second-order valence-electron chi connectivity index (χ2n) is 7.96. The first kappa shape index (κ1) is 20.4. The van der Waals surface area contributed by atoms with Gasteiger partial charge in [-0.25, -0.2) is 0 Å². The molecule has 0 aromatic heterocycles. The van der Waals surface area contributed by atoms with E-state index in [9.17, 15) is 9.59 Å². The summed E-state index contributed by atoms with van der Waals surface area (Å²) in [7, 11) is 0. The first-order valence-electron chi connectivity index (χ1n) is 10.7. The number of benzene rings is 2. The number of nitrogens with zero attached hydrogens (tertiary/aromatic N) is 2. The van der Waals surface area contributed by atoms with Crippen molar-refractivity contribution < 1.29 is 28.5 Å². The van der Waals surface area contributed by atoms with Crippen LogP contribution in [0.25, 0.3) is 0 Å². The minimum atomic E-state index is -0.614. The molecule has 9 nitrogen and oxygen atoms in total. The van der Waals surface area contributed by atoms with E-state index in [-0.39, 0.29) is 19.4 Å². The summed E-state index contributed by atoms with van der Waals surface area (Å²) in [5.74, 6) is 1.74. The maximum Gasteiger partial charge on any atom is 0.311 e. The molecule has 3 aliphatic heterocycles. The van der Waals surface area contributed by atoms with Crippen molar-refractivity contribution in [3.05, 3.63) is 48.0 Å². The fourth-order valence-corrected chi connectivity index (χ4v) is 4.00. The highest BCUT2D eigenvalue weighted by atomic mass is 16.7. The molecular weight excluding hydrogens is 414 g/mol. The van der Waals surface area contributed by atoms with Crippen LogP contribution in [0.4, 0.5) is 0 Å². The van der Waals surface area contributed by atoms with Crippen LogP contribution in [0.15, 0.2) is 42.5 Å². The predicted octanol–water partition coefficient (Wildman–Crippen LogP) is 1.02. The Labute approximate surface area is 185 Å². The number of piperazine rings is 1. The third-order valence-corrected chi connectivity index (χ3v) is 5.75. The first-order valence-corrected chi connectivity index (χ1v) is 10.7. The topological polar surface area (TPSA) is 89.6 Å². The van der Waals surface area contributed by atoms with Crippen LogP contribution in [0.1, 0.15) is 5.56 Å². The van der Waals surface area contributed by atoms with Crippen molar-refractivity contribution in [3.8, 4) is 23.0 Å². The Morgan fingerprint density at radius 1 is 0.906 bits per heavy atom. The molecule has 2 aromatic carbocycles. The van der Waals surface area contributed by atoms with E-state index in [2.05, 4.69) is 10.2 Å². The van der Waals surface area contributed by atoms with Gasteiger partial charge < -0.3 is 29.2 Å². The molecule has 32 heavy (non-hydrogen) atoms. The Hall–Kier alpha value is -3.46. The summed E-state index contributed by atoms with van der Waals surface area (Å²) in [5.41, 5.74) is 1.13. The Kier molecular flexibility index (Phi) is 5.72. The van der Waals surface area contributed by atoms with E-state index in [1.807, 2.05) is 42.5 Å². The second kappa shape index (κ2) is 8.96. The monoisotopic (exact) mass is 439 g/mol. The highest BCUT2D eigenvalue weighted by Crippen LogP contribution is 2.33. The van der Waals surface area contributed by atoms with Gasteiger partial charge in [-0.3, -0.25) is 14.5 Å². The zero-order chi connectivity index (χ0) is 21.9. The van der Waals surface area contributed by atoms with Crippen molar-refractivity contribution in [3.63, 3.8) is 0 Å². The van der Waals surface area contributed by atoms with Crippen molar-refractivity contribution >= 4 is 11.8 Å². The van der Waals surface area contributed by atoms with Crippen molar-refractivity contribution in [2.45, 2.75) is 12.6 Å². The van der Waals surface area contributed by atoms with Gasteiger partial charge in [-0.15, -0.1) is 0 Å². The maximum absolute atomic E-state index is 12.6. The third kappa shape index (κ3) is 4.43. The quantitative estimate of drug-likeness (QED) is 0.712. The number of fused-ring (bicyclic) bond motifs is 2. The third-order valence-electron chi connectivity index (χ3n) is 5.75. The van der Waals surface area contributed by atoms with Gasteiger partial charge in [-0.1, -0.05) is 18.2 Å². The van der Waals surface area contributed by atoms with Gasteiger partial charge in [0.2, 0.25) is 6.79 Å². The minimum absolute atomic E-state index is 0.211. The van der Waals surface area contributed by atoms with Crippen molar-refractivity contribution in [2.24, 2.45) is 0 Å². The van der Waals surface area contributed by atoms with Crippen LogP contribution in [0, 0.1) is 0 Å². The van der Waals surface area contributed by atoms with Crippen LogP contribution < -0.4 is 24.3 Å². The van der Waals surface area contributed by atoms with Crippen LogP contribution >= 0.6 is 0 Å². The highest BCUT2D eigenvalue weighted by molar-refractivity contribution is 6.35. The number of rotatable bonds is 4. The number of carbonyl (C=O) groups is 2. The molecule has 1 N–H and O–H groups in total. The van der Waals surface area contributed by atoms with E-state index in [0.29, 0.717) is 44.3 Å². The molecule has 2 amide bonds. The number of hydrogen-bond donors (Lipinski definition) is 1. The van der Waals surface area contributed by atoms with E-state index in [0.717, 1.165) is 23.6 Å². The average Bonchev–Trinajstić information content (AvgIpc) is 3.30. The fraction of sp³-hybridized carbons (Fsp3) is 0.391. The lowest BCUT2D eigenvalue weighted by atomic mass is 10.1.